The first-order chi connectivity index (χ1) is 10.2. The Balaban J connectivity index is 1.71. The van der Waals surface area contributed by atoms with Gasteiger partial charge in [-0.15, -0.1) is 0 Å². The van der Waals surface area contributed by atoms with Crippen LogP contribution in [0.4, 0.5) is 0 Å². The molecule has 1 aliphatic heterocycles. The summed E-state index contributed by atoms with van der Waals surface area (Å²) in [5, 5.41) is 20.6. The first-order valence-corrected chi connectivity index (χ1v) is 7.20. The van der Waals surface area contributed by atoms with Crippen molar-refractivity contribution in [2.75, 3.05) is 32.8 Å². The van der Waals surface area contributed by atoms with Gasteiger partial charge in [0.1, 0.15) is 11.8 Å². The molecule has 0 bridgehead atoms. The number of nitriles is 1. The molecular formula is C15H20N4O2. The average Bonchev–Trinajstić information content (AvgIpc) is 2.55. The SMILES string of the molecule is N#Cc1ccc(C(=O)NCCN2CCC(CO)CC2)cn1. The maximum absolute atomic E-state index is 11.9. The van der Waals surface area contributed by atoms with Gasteiger partial charge in [-0.25, -0.2) is 4.98 Å². The quantitative estimate of drug-likeness (QED) is 0.818. The van der Waals surface area contributed by atoms with Gasteiger partial charge in [0.25, 0.3) is 5.91 Å². The summed E-state index contributed by atoms with van der Waals surface area (Å²) in [5.74, 6) is 0.262. The molecule has 112 valence electrons. The number of aliphatic hydroxyl groups excluding tert-OH is 1. The molecule has 0 radical (unpaired) electrons. The van der Waals surface area contributed by atoms with Gasteiger partial charge in [0, 0.05) is 25.9 Å². The Hall–Kier alpha value is -1.97. The number of pyridine rings is 1. The van der Waals surface area contributed by atoms with Crippen molar-refractivity contribution in [1.29, 1.82) is 5.26 Å². The minimum absolute atomic E-state index is 0.169. The lowest BCUT2D eigenvalue weighted by molar-refractivity contribution is 0.0938. The van der Waals surface area contributed by atoms with Gasteiger partial charge in [-0.1, -0.05) is 0 Å². The summed E-state index contributed by atoms with van der Waals surface area (Å²) in [6, 6.07) is 5.06. The Morgan fingerprint density at radius 1 is 1.48 bits per heavy atom. The van der Waals surface area contributed by atoms with E-state index in [0.717, 1.165) is 32.5 Å². The molecule has 6 nitrogen and oxygen atoms in total. The lowest BCUT2D eigenvalue weighted by atomic mass is 9.98. The topological polar surface area (TPSA) is 89.2 Å². The summed E-state index contributed by atoms with van der Waals surface area (Å²) in [7, 11) is 0. The summed E-state index contributed by atoms with van der Waals surface area (Å²) in [6.07, 6.45) is 3.45. The highest BCUT2D eigenvalue weighted by molar-refractivity contribution is 5.93. The number of carbonyl (C=O) groups is 1. The average molecular weight is 288 g/mol. The number of amides is 1. The van der Waals surface area contributed by atoms with Crippen LogP contribution < -0.4 is 5.32 Å². The number of aliphatic hydroxyl groups is 1. The number of hydrogen-bond acceptors (Lipinski definition) is 5. The Labute approximate surface area is 124 Å². The van der Waals surface area contributed by atoms with Crippen molar-refractivity contribution in [2.45, 2.75) is 12.8 Å². The number of hydrogen-bond donors (Lipinski definition) is 2. The van der Waals surface area contributed by atoms with E-state index in [1.807, 2.05) is 6.07 Å². The van der Waals surface area contributed by atoms with Crippen molar-refractivity contribution < 1.29 is 9.90 Å². The van der Waals surface area contributed by atoms with E-state index >= 15 is 0 Å². The highest BCUT2D eigenvalue weighted by atomic mass is 16.3. The van der Waals surface area contributed by atoms with Gasteiger partial charge < -0.3 is 15.3 Å². The predicted octanol–water partition coefficient (Wildman–Crippen LogP) is 0.387. The van der Waals surface area contributed by atoms with E-state index < -0.39 is 0 Å². The summed E-state index contributed by atoms with van der Waals surface area (Å²) in [4.78, 5) is 18.1. The minimum atomic E-state index is -0.169. The first kappa shape index (κ1) is 15.4. The molecule has 1 aromatic heterocycles. The molecule has 0 aliphatic carbocycles. The molecule has 1 aliphatic rings. The fraction of sp³-hybridized carbons (Fsp3) is 0.533. The predicted molar refractivity (Wildman–Crippen MR) is 77.5 cm³/mol. The summed E-state index contributed by atoms with van der Waals surface area (Å²) in [5.41, 5.74) is 0.770. The van der Waals surface area contributed by atoms with Gasteiger partial charge in [0.05, 0.1) is 5.56 Å². The maximum Gasteiger partial charge on any atom is 0.252 e. The Morgan fingerprint density at radius 3 is 2.81 bits per heavy atom. The number of carbonyl (C=O) groups excluding carboxylic acids is 1. The van der Waals surface area contributed by atoms with Crippen LogP contribution in [0.25, 0.3) is 0 Å². The normalized spacial score (nSPS) is 16.4. The van der Waals surface area contributed by atoms with Gasteiger partial charge in [0.15, 0.2) is 0 Å². The van der Waals surface area contributed by atoms with Crippen LogP contribution in [0.3, 0.4) is 0 Å². The van der Waals surface area contributed by atoms with Crippen LogP contribution in [0.5, 0.6) is 0 Å². The van der Waals surface area contributed by atoms with Crippen LogP contribution in [0.2, 0.25) is 0 Å². The fourth-order valence-electron chi connectivity index (χ4n) is 2.42. The van der Waals surface area contributed by atoms with Crippen LogP contribution in [0.1, 0.15) is 28.9 Å². The Kier molecular flexibility index (Phi) is 5.67. The summed E-state index contributed by atoms with van der Waals surface area (Å²) in [6.45, 7) is 3.62. The number of aromatic nitrogens is 1. The molecule has 21 heavy (non-hydrogen) atoms. The van der Waals surface area contributed by atoms with Crippen LogP contribution in [0, 0.1) is 17.2 Å². The largest absolute Gasteiger partial charge is 0.396 e. The van der Waals surface area contributed by atoms with E-state index in [0.29, 0.717) is 23.7 Å². The second-order valence-electron chi connectivity index (χ2n) is 5.27. The van der Waals surface area contributed by atoms with Crippen LogP contribution in [-0.2, 0) is 0 Å². The van der Waals surface area contributed by atoms with Crippen molar-refractivity contribution in [3.8, 4) is 6.07 Å². The molecule has 0 saturated carbocycles. The van der Waals surface area contributed by atoms with E-state index in [4.69, 9.17) is 10.4 Å². The van der Waals surface area contributed by atoms with Crippen molar-refractivity contribution in [2.24, 2.45) is 5.92 Å². The second-order valence-corrected chi connectivity index (χ2v) is 5.27. The molecule has 2 N–H and O–H groups in total. The standard InChI is InChI=1S/C15H20N4O2/c16-9-14-2-1-13(10-18-14)15(21)17-5-8-19-6-3-12(11-20)4-7-19/h1-2,10,12,20H,3-8,11H2,(H,17,21). The van der Waals surface area contributed by atoms with Crippen molar-refractivity contribution in [3.05, 3.63) is 29.6 Å². The van der Waals surface area contributed by atoms with Crippen LogP contribution in [-0.4, -0.2) is 53.7 Å². The molecule has 0 atom stereocenters. The third kappa shape index (κ3) is 4.52. The molecule has 0 spiro atoms. The zero-order valence-electron chi connectivity index (χ0n) is 12.0. The number of nitrogens with one attached hydrogen (secondary N) is 1. The Morgan fingerprint density at radius 2 is 2.24 bits per heavy atom. The lowest BCUT2D eigenvalue weighted by Gasteiger charge is -2.30. The van der Waals surface area contributed by atoms with Gasteiger partial charge >= 0.3 is 0 Å². The molecule has 0 aromatic carbocycles. The molecule has 1 amide bonds. The third-order valence-corrected chi connectivity index (χ3v) is 3.82. The van der Waals surface area contributed by atoms with Gasteiger partial charge in [0.2, 0.25) is 0 Å². The highest BCUT2D eigenvalue weighted by Crippen LogP contribution is 2.15. The number of likely N-dealkylation sites (tertiary alicyclic amines) is 1. The van der Waals surface area contributed by atoms with Gasteiger partial charge in [-0.2, -0.15) is 5.26 Å². The van der Waals surface area contributed by atoms with E-state index in [1.165, 1.54) is 12.3 Å². The monoisotopic (exact) mass is 288 g/mol. The first-order valence-electron chi connectivity index (χ1n) is 7.20. The smallest absolute Gasteiger partial charge is 0.252 e. The van der Waals surface area contributed by atoms with Crippen LogP contribution in [0.15, 0.2) is 18.3 Å². The molecule has 2 rings (SSSR count). The van der Waals surface area contributed by atoms with E-state index in [2.05, 4.69) is 15.2 Å². The van der Waals surface area contributed by atoms with Crippen LogP contribution >= 0.6 is 0 Å². The molecular weight excluding hydrogens is 268 g/mol. The van der Waals surface area contributed by atoms with E-state index in [9.17, 15) is 4.79 Å². The molecule has 2 heterocycles. The molecule has 1 saturated heterocycles. The van der Waals surface area contributed by atoms with Gasteiger partial charge in [-0.05, 0) is 44.0 Å². The molecule has 0 unspecified atom stereocenters. The third-order valence-electron chi connectivity index (χ3n) is 3.82. The Bertz CT molecular complexity index is 501. The molecule has 1 aromatic rings. The highest BCUT2D eigenvalue weighted by Gasteiger charge is 2.18. The number of piperidine rings is 1. The van der Waals surface area contributed by atoms with Crippen molar-refractivity contribution in [3.63, 3.8) is 0 Å². The van der Waals surface area contributed by atoms with Gasteiger partial charge in [-0.3, -0.25) is 4.79 Å². The minimum Gasteiger partial charge on any atom is -0.396 e. The van der Waals surface area contributed by atoms with E-state index in [1.54, 1.807) is 6.07 Å². The zero-order valence-corrected chi connectivity index (χ0v) is 12.0. The second kappa shape index (κ2) is 7.72. The summed E-state index contributed by atoms with van der Waals surface area (Å²) < 4.78 is 0. The molecule has 6 heteroatoms. The van der Waals surface area contributed by atoms with Crippen molar-refractivity contribution in [1.82, 2.24) is 15.2 Å². The summed E-state index contributed by atoms with van der Waals surface area (Å²) >= 11 is 0. The number of rotatable bonds is 5. The lowest BCUT2D eigenvalue weighted by Crippen LogP contribution is -2.40. The molecule has 1 fully saturated rings. The van der Waals surface area contributed by atoms with Crippen molar-refractivity contribution >= 4 is 5.91 Å². The number of nitrogens with zero attached hydrogens (tertiary/aromatic N) is 3. The fourth-order valence-corrected chi connectivity index (χ4v) is 2.42. The zero-order chi connectivity index (χ0) is 15.1. The van der Waals surface area contributed by atoms with E-state index in [-0.39, 0.29) is 12.5 Å². The maximum atomic E-state index is 11.9.